The molecule has 10 heavy (non-hydrogen) atoms. The van der Waals surface area contributed by atoms with Crippen LogP contribution in [0.3, 0.4) is 0 Å². The lowest BCUT2D eigenvalue weighted by molar-refractivity contribution is 0.709. The van der Waals surface area contributed by atoms with Crippen molar-refractivity contribution < 1.29 is 0 Å². The summed E-state index contributed by atoms with van der Waals surface area (Å²) in [4.78, 5) is 0. The van der Waals surface area contributed by atoms with E-state index in [9.17, 15) is 0 Å². The Labute approximate surface area is 65.3 Å². The number of aryl methyl sites for hydroxylation is 2. The van der Waals surface area contributed by atoms with Crippen LogP contribution in [0.4, 0.5) is 0 Å². The minimum absolute atomic E-state index is 1.22. The minimum atomic E-state index is 1.22. The first-order valence-corrected chi connectivity index (χ1v) is 4.72. The molecule has 0 aromatic carbocycles. The molecular formula is C8H11NS. The quantitative estimate of drug-likeness (QED) is 0.522. The molecule has 0 unspecified atom stereocenters. The third kappa shape index (κ3) is 1.08. The second-order valence-electron chi connectivity index (χ2n) is 2.85. The SMILES string of the molecule is c1snc2c1CCCCC2. The van der Waals surface area contributed by atoms with Crippen molar-refractivity contribution in [2.24, 2.45) is 0 Å². The predicted octanol–water partition coefficient (Wildman–Crippen LogP) is 2.41. The monoisotopic (exact) mass is 153 g/mol. The van der Waals surface area contributed by atoms with Gasteiger partial charge in [-0.3, -0.25) is 0 Å². The van der Waals surface area contributed by atoms with E-state index in [1.54, 1.807) is 11.5 Å². The van der Waals surface area contributed by atoms with Gasteiger partial charge in [0.25, 0.3) is 0 Å². The Morgan fingerprint density at radius 1 is 1.20 bits per heavy atom. The van der Waals surface area contributed by atoms with Crippen LogP contribution in [0.2, 0.25) is 0 Å². The van der Waals surface area contributed by atoms with E-state index < -0.39 is 0 Å². The molecule has 1 aliphatic rings. The Hall–Kier alpha value is -0.370. The fourth-order valence-electron chi connectivity index (χ4n) is 1.47. The van der Waals surface area contributed by atoms with Crippen LogP contribution in [0.1, 0.15) is 30.5 Å². The Bertz CT molecular complexity index is 196. The highest BCUT2D eigenvalue weighted by molar-refractivity contribution is 7.03. The number of hydrogen-bond acceptors (Lipinski definition) is 2. The molecule has 2 heteroatoms. The van der Waals surface area contributed by atoms with Crippen molar-refractivity contribution in [2.75, 3.05) is 0 Å². The molecule has 0 bridgehead atoms. The molecule has 1 heterocycles. The molecule has 0 atom stereocenters. The number of nitrogens with zero attached hydrogens (tertiary/aromatic N) is 1. The van der Waals surface area contributed by atoms with Gasteiger partial charge in [0.2, 0.25) is 0 Å². The van der Waals surface area contributed by atoms with Crippen molar-refractivity contribution in [2.45, 2.75) is 32.1 Å². The van der Waals surface area contributed by atoms with E-state index in [1.807, 2.05) is 0 Å². The van der Waals surface area contributed by atoms with Gasteiger partial charge in [0.15, 0.2) is 0 Å². The summed E-state index contributed by atoms with van der Waals surface area (Å²) in [6.07, 6.45) is 6.59. The first kappa shape index (κ1) is 6.35. The molecule has 1 aromatic heterocycles. The molecule has 2 rings (SSSR count). The van der Waals surface area contributed by atoms with Crippen molar-refractivity contribution in [1.29, 1.82) is 0 Å². The van der Waals surface area contributed by atoms with Crippen molar-refractivity contribution in [3.05, 3.63) is 16.6 Å². The molecule has 0 saturated carbocycles. The van der Waals surface area contributed by atoms with Crippen molar-refractivity contribution in [3.8, 4) is 0 Å². The maximum Gasteiger partial charge on any atom is 0.0574 e. The van der Waals surface area contributed by atoms with E-state index in [0.717, 1.165) is 0 Å². The molecular weight excluding hydrogens is 142 g/mol. The van der Waals surface area contributed by atoms with Gasteiger partial charge in [-0.15, -0.1) is 0 Å². The largest absolute Gasteiger partial charge is 0.197 e. The topological polar surface area (TPSA) is 12.9 Å². The summed E-state index contributed by atoms with van der Waals surface area (Å²) in [7, 11) is 0. The zero-order valence-corrected chi connectivity index (χ0v) is 6.78. The fraction of sp³-hybridized carbons (Fsp3) is 0.625. The second kappa shape index (κ2) is 2.70. The second-order valence-corrected chi connectivity index (χ2v) is 3.48. The van der Waals surface area contributed by atoms with Crippen LogP contribution in [-0.2, 0) is 12.8 Å². The van der Waals surface area contributed by atoms with E-state index >= 15 is 0 Å². The summed E-state index contributed by atoms with van der Waals surface area (Å²) in [6, 6.07) is 0. The fourth-order valence-corrected chi connectivity index (χ4v) is 2.24. The van der Waals surface area contributed by atoms with Gasteiger partial charge in [0.1, 0.15) is 0 Å². The highest BCUT2D eigenvalue weighted by Crippen LogP contribution is 2.20. The lowest BCUT2D eigenvalue weighted by atomic mass is 10.2. The average molecular weight is 153 g/mol. The van der Waals surface area contributed by atoms with Gasteiger partial charge >= 0.3 is 0 Å². The van der Waals surface area contributed by atoms with Crippen molar-refractivity contribution in [3.63, 3.8) is 0 Å². The first-order chi connectivity index (χ1) is 4.97. The molecule has 0 spiro atoms. The van der Waals surface area contributed by atoms with Gasteiger partial charge < -0.3 is 0 Å². The van der Waals surface area contributed by atoms with Crippen LogP contribution >= 0.6 is 11.5 Å². The van der Waals surface area contributed by atoms with Gasteiger partial charge in [-0.05, 0) is 42.8 Å². The number of aromatic nitrogens is 1. The molecule has 1 aliphatic carbocycles. The van der Waals surface area contributed by atoms with Crippen LogP contribution in [0, 0.1) is 0 Å². The Morgan fingerprint density at radius 3 is 3.10 bits per heavy atom. The third-order valence-electron chi connectivity index (χ3n) is 2.09. The molecule has 1 nitrogen and oxygen atoms in total. The number of fused-ring (bicyclic) bond motifs is 1. The van der Waals surface area contributed by atoms with Gasteiger partial charge in [-0.25, -0.2) is 0 Å². The van der Waals surface area contributed by atoms with Crippen LogP contribution in [-0.4, -0.2) is 4.37 Å². The summed E-state index contributed by atoms with van der Waals surface area (Å²) >= 11 is 1.61. The Kier molecular flexibility index (Phi) is 1.72. The normalized spacial score (nSPS) is 18.0. The van der Waals surface area contributed by atoms with Crippen molar-refractivity contribution in [1.82, 2.24) is 4.37 Å². The maximum absolute atomic E-state index is 4.36. The van der Waals surface area contributed by atoms with Crippen LogP contribution in [0.15, 0.2) is 5.38 Å². The average Bonchev–Trinajstić information content (AvgIpc) is 2.28. The number of hydrogen-bond donors (Lipinski definition) is 0. The van der Waals surface area contributed by atoms with Crippen LogP contribution in [0.25, 0.3) is 0 Å². The molecule has 0 fully saturated rings. The van der Waals surface area contributed by atoms with Gasteiger partial charge in [-0.1, -0.05) is 6.42 Å². The molecule has 0 radical (unpaired) electrons. The van der Waals surface area contributed by atoms with E-state index in [-0.39, 0.29) is 0 Å². The standard InChI is InChI=1S/C8H11NS/c1-2-4-7-6-10-9-8(7)5-3-1/h6H,1-5H2. The lowest BCUT2D eigenvalue weighted by Crippen LogP contribution is -1.85. The Balaban J connectivity index is 2.28. The molecule has 1 aromatic rings. The maximum atomic E-state index is 4.36. The van der Waals surface area contributed by atoms with E-state index in [4.69, 9.17) is 0 Å². The molecule has 0 aliphatic heterocycles. The summed E-state index contributed by atoms with van der Waals surface area (Å²) in [6.45, 7) is 0. The predicted molar refractivity (Wildman–Crippen MR) is 43.4 cm³/mol. The molecule has 0 N–H and O–H groups in total. The van der Waals surface area contributed by atoms with E-state index in [2.05, 4.69) is 9.75 Å². The summed E-state index contributed by atoms with van der Waals surface area (Å²) < 4.78 is 4.36. The molecule has 54 valence electrons. The van der Waals surface area contributed by atoms with Gasteiger partial charge in [0.05, 0.1) is 5.69 Å². The summed E-state index contributed by atoms with van der Waals surface area (Å²) in [5.41, 5.74) is 2.89. The third-order valence-corrected chi connectivity index (χ3v) is 2.80. The van der Waals surface area contributed by atoms with E-state index in [0.29, 0.717) is 0 Å². The number of rotatable bonds is 0. The smallest absolute Gasteiger partial charge is 0.0574 e. The highest BCUT2D eigenvalue weighted by Gasteiger charge is 2.08. The molecule has 0 saturated heterocycles. The highest BCUT2D eigenvalue weighted by atomic mass is 32.1. The van der Waals surface area contributed by atoms with Gasteiger partial charge in [-0.2, -0.15) is 4.37 Å². The molecule has 0 amide bonds. The minimum Gasteiger partial charge on any atom is -0.197 e. The van der Waals surface area contributed by atoms with Crippen molar-refractivity contribution >= 4 is 11.5 Å². The van der Waals surface area contributed by atoms with Crippen LogP contribution < -0.4 is 0 Å². The van der Waals surface area contributed by atoms with E-state index in [1.165, 1.54) is 43.4 Å². The summed E-state index contributed by atoms with van der Waals surface area (Å²) in [5.74, 6) is 0. The lowest BCUT2D eigenvalue weighted by Gasteiger charge is -1.90. The zero-order chi connectivity index (χ0) is 6.81. The summed E-state index contributed by atoms with van der Waals surface area (Å²) in [5, 5.41) is 2.21. The van der Waals surface area contributed by atoms with Crippen LogP contribution in [0.5, 0.6) is 0 Å². The Morgan fingerprint density at radius 2 is 2.10 bits per heavy atom. The first-order valence-electron chi connectivity index (χ1n) is 3.89. The zero-order valence-electron chi connectivity index (χ0n) is 5.97. The van der Waals surface area contributed by atoms with Gasteiger partial charge in [0, 0.05) is 5.38 Å².